The van der Waals surface area contributed by atoms with Crippen molar-refractivity contribution in [1.29, 1.82) is 0 Å². The molecule has 2 rings (SSSR count). The van der Waals surface area contributed by atoms with Crippen LogP contribution in [0.2, 0.25) is 0 Å². The summed E-state index contributed by atoms with van der Waals surface area (Å²) in [6.45, 7) is 3.33. The summed E-state index contributed by atoms with van der Waals surface area (Å²) in [5, 5.41) is 3.29. The van der Waals surface area contributed by atoms with E-state index in [1.807, 2.05) is 7.05 Å². The van der Waals surface area contributed by atoms with Crippen LogP contribution in [0.15, 0.2) is 54.6 Å². The fraction of sp³-hybridized carbons (Fsp3) is 0.375. The highest BCUT2D eigenvalue weighted by atomic mass is 14.8. The highest BCUT2D eigenvalue weighted by Crippen LogP contribution is 2.37. The van der Waals surface area contributed by atoms with Gasteiger partial charge in [0, 0.05) is 5.41 Å². The summed E-state index contributed by atoms with van der Waals surface area (Å²) in [5.41, 5.74) is 1.44. The predicted octanol–water partition coefficient (Wildman–Crippen LogP) is 3.30. The van der Waals surface area contributed by atoms with Crippen molar-refractivity contribution in [2.75, 3.05) is 13.6 Å². The molecule has 0 fully saturated rings. The second kappa shape index (κ2) is 5.33. The van der Waals surface area contributed by atoms with Gasteiger partial charge in [0.25, 0.3) is 0 Å². The first-order valence-electron chi connectivity index (χ1n) is 6.35. The minimum atomic E-state index is 0.0581. The second-order valence-electron chi connectivity index (χ2n) is 4.80. The lowest BCUT2D eigenvalue weighted by atomic mass is 9.69. The van der Waals surface area contributed by atoms with Crippen LogP contribution in [0.25, 0.3) is 0 Å². The van der Waals surface area contributed by atoms with Crippen molar-refractivity contribution in [1.82, 2.24) is 5.32 Å². The molecule has 1 unspecified atom stereocenters. The van der Waals surface area contributed by atoms with Gasteiger partial charge in [-0.3, -0.25) is 0 Å². The molecule has 1 aliphatic rings. The fourth-order valence-electron chi connectivity index (χ4n) is 2.67. The Morgan fingerprint density at radius 3 is 2.41 bits per heavy atom. The molecule has 1 aliphatic carbocycles. The molecule has 0 aliphatic heterocycles. The number of hydrogen-bond donors (Lipinski definition) is 1. The van der Waals surface area contributed by atoms with Crippen LogP contribution in [0.3, 0.4) is 0 Å². The van der Waals surface area contributed by atoms with E-state index in [1.54, 1.807) is 0 Å². The van der Waals surface area contributed by atoms with Gasteiger partial charge < -0.3 is 5.32 Å². The van der Waals surface area contributed by atoms with Crippen LogP contribution in [0.4, 0.5) is 0 Å². The quantitative estimate of drug-likeness (QED) is 0.778. The highest BCUT2D eigenvalue weighted by molar-refractivity contribution is 5.40. The zero-order valence-electron chi connectivity index (χ0n) is 10.7. The maximum Gasteiger partial charge on any atom is 0.0350 e. The Morgan fingerprint density at radius 1 is 1.18 bits per heavy atom. The third-order valence-electron chi connectivity index (χ3n) is 3.66. The molecule has 17 heavy (non-hydrogen) atoms. The first kappa shape index (κ1) is 12.1. The maximum atomic E-state index is 3.29. The first-order valence-corrected chi connectivity index (χ1v) is 6.35. The summed E-state index contributed by atoms with van der Waals surface area (Å²) in [5.74, 6) is 0.544. The molecule has 0 heterocycles. The summed E-state index contributed by atoms with van der Waals surface area (Å²) >= 11 is 0. The van der Waals surface area contributed by atoms with Crippen molar-refractivity contribution < 1.29 is 0 Å². The molecule has 0 radical (unpaired) electrons. The zero-order chi connectivity index (χ0) is 12.1. The van der Waals surface area contributed by atoms with Crippen molar-refractivity contribution in [3.8, 4) is 0 Å². The number of nitrogens with one attached hydrogen (secondary N) is 1. The van der Waals surface area contributed by atoms with E-state index in [9.17, 15) is 0 Å². The van der Waals surface area contributed by atoms with Gasteiger partial charge in [-0.1, -0.05) is 61.6 Å². The summed E-state index contributed by atoms with van der Waals surface area (Å²) in [6, 6.07) is 10.8. The van der Waals surface area contributed by atoms with E-state index in [0.717, 1.165) is 13.0 Å². The summed E-state index contributed by atoms with van der Waals surface area (Å²) < 4.78 is 0. The maximum absolute atomic E-state index is 3.29. The van der Waals surface area contributed by atoms with Crippen LogP contribution >= 0.6 is 0 Å². The lowest BCUT2D eigenvalue weighted by molar-refractivity contribution is 0.410. The number of rotatable bonds is 4. The van der Waals surface area contributed by atoms with E-state index in [2.05, 4.69) is 66.9 Å². The number of hydrogen-bond acceptors (Lipinski definition) is 1. The van der Waals surface area contributed by atoms with E-state index in [4.69, 9.17) is 0 Å². The molecule has 1 nitrogen and oxygen atoms in total. The monoisotopic (exact) mass is 227 g/mol. The minimum absolute atomic E-state index is 0.0581. The molecule has 1 aromatic carbocycles. The SMILES string of the molecule is CNCC(C)C1(c2ccccc2)C=CCC=C1. The van der Waals surface area contributed by atoms with Gasteiger partial charge in [-0.05, 0) is 31.5 Å². The number of benzene rings is 1. The number of allylic oxidation sites excluding steroid dienone is 4. The average molecular weight is 227 g/mol. The Hall–Kier alpha value is -1.34. The first-order chi connectivity index (χ1) is 8.29. The van der Waals surface area contributed by atoms with E-state index < -0.39 is 0 Å². The molecule has 0 saturated heterocycles. The Balaban J connectivity index is 2.40. The smallest absolute Gasteiger partial charge is 0.0350 e. The van der Waals surface area contributed by atoms with Crippen LogP contribution in [0.1, 0.15) is 18.9 Å². The van der Waals surface area contributed by atoms with Crippen LogP contribution in [0.5, 0.6) is 0 Å². The van der Waals surface area contributed by atoms with E-state index >= 15 is 0 Å². The molecule has 0 spiro atoms. The fourth-order valence-corrected chi connectivity index (χ4v) is 2.67. The Morgan fingerprint density at radius 2 is 1.82 bits per heavy atom. The van der Waals surface area contributed by atoms with Gasteiger partial charge in [0.05, 0.1) is 0 Å². The van der Waals surface area contributed by atoms with E-state index in [-0.39, 0.29) is 5.41 Å². The summed E-state index contributed by atoms with van der Waals surface area (Å²) in [4.78, 5) is 0. The van der Waals surface area contributed by atoms with Crippen LogP contribution in [-0.4, -0.2) is 13.6 Å². The van der Waals surface area contributed by atoms with Gasteiger partial charge in [-0.15, -0.1) is 0 Å². The lowest BCUT2D eigenvalue weighted by Crippen LogP contribution is -2.36. The van der Waals surface area contributed by atoms with Gasteiger partial charge in [-0.2, -0.15) is 0 Å². The van der Waals surface area contributed by atoms with Gasteiger partial charge >= 0.3 is 0 Å². The largest absolute Gasteiger partial charge is 0.319 e. The van der Waals surface area contributed by atoms with Crippen LogP contribution < -0.4 is 5.32 Å². The molecule has 0 bridgehead atoms. The van der Waals surface area contributed by atoms with Crippen molar-refractivity contribution in [3.05, 3.63) is 60.2 Å². The molecule has 1 heteroatoms. The predicted molar refractivity (Wildman–Crippen MR) is 74.1 cm³/mol. The summed E-state index contributed by atoms with van der Waals surface area (Å²) in [6.07, 6.45) is 10.3. The van der Waals surface area contributed by atoms with Crippen molar-refractivity contribution in [3.63, 3.8) is 0 Å². The molecule has 0 amide bonds. The van der Waals surface area contributed by atoms with Gasteiger partial charge in [0.15, 0.2) is 0 Å². The molecule has 0 saturated carbocycles. The highest BCUT2D eigenvalue weighted by Gasteiger charge is 2.33. The molecule has 1 aromatic rings. The van der Waals surface area contributed by atoms with Crippen LogP contribution in [0, 0.1) is 5.92 Å². The third kappa shape index (κ3) is 2.34. The van der Waals surface area contributed by atoms with Gasteiger partial charge in [-0.25, -0.2) is 0 Å². The van der Waals surface area contributed by atoms with Crippen LogP contribution in [-0.2, 0) is 5.41 Å². The minimum Gasteiger partial charge on any atom is -0.319 e. The van der Waals surface area contributed by atoms with E-state index in [0.29, 0.717) is 5.92 Å². The molecule has 1 N–H and O–H groups in total. The average Bonchev–Trinajstić information content (AvgIpc) is 2.41. The summed E-state index contributed by atoms with van der Waals surface area (Å²) in [7, 11) is 2.02. The van der Waals surface area contributed by atoms with Crippen molar-refractivity contribution in [2.24, 2.45) is 5.92 Å². The van der Waals surface area contributed by atoms with E-state index in [1.165, 1.54) is 5.56 Å². The standard InChI is InChI=1S/C16H21N/c1-14(13-17-2)16(11-7-4-8-12-16)15-9-5-3-6-10-15/h3,5-12,14,17H,4,13H2,1-2H3. The van der Waals surface area contributed by atoms with Gasteiger partial charge in [0.2, 0.25) is 0 Å². The second-order valence-corrected chi connectivity index (χ2v) is 4.80. The molecular formula is C16H21N. The van der Waals surface area contributed by atoms with Gasteiger partial charge in [0.1, 0.15) is 0 Å². The third-order valence-corrected chi connectivity index (χ3v) is 3.66. The Kier molecular flexibility index (Phi) is 3.80. The molecule has 0 aromatic heterocycles. The zero-order valence-corrected chi connectivity index (χ0v) is 10.7. The normalized spacial score (nSPS) is 19.2. The van der Waals surface area contributed by atoms with Crippen molar-refractivity contribution in [2.45, 2.75) is 18.8 Å². The topological polar surface area (TPSA) is 12.0 Å². The Labute approximate surface area is 104 Å². The molecular weight excluding hydrogens is 206 g/mol. The molecule has 90 valence electrons. The Bertz CT molecular complexity index is 391. The lowest BCUT2D eigenvalue weighted by Gasteiger charge is -2.36. The van der Waals surface area contributed by atoms with Crippen molar-refractivity contribution >= 4 is 0 Å². The molecule has 1 atom stereocenters.